The molecular weight excluding hydrogens is 168 g/mol. The molecule has 0 aromatic carbocycles. The van der Waals surface area contributed by atoms with Gasteiger partial charge in [0, 0.05) is 6.54 Å². The van der Waals surface area contributed by atoms with Gasteiger partial charge in [-0.25, -0.2) is 0 Å². The zero-order valence-electron chi connectivity index (χ0n) is 7.70. The van der Waals surface area contributed by atoms with Crippen LogP contribution in [0.1, 0.15) is 25.7 Å². The number of rotatable bonds is 2. The monoisotopic (exact) mass is 184 g/mol. The van der Waals surface area contributed by atoms with Gasteiger partial charge in [0.2, 0.25) is 5.91 Å². The maximum atomic E-state index is 11.8. The van der Waals surface area contributed by atoms with Crippen LogP contribution in [0.3, 0.4) is 0 Å². The Morgan fingerprint density at radius 1 is 1.62 bits per heavy atom. The van der Waals surface area contributed by atoms with E-state index < -0.39 is 5.54 Å². The van der Waals surface area contributed by atoms with Crippen LogP contribution in [0, 0.1) is 0 Å². The molecule has 1 heterocycles. The van der Waals surface area contributed by atoms with Gasteiger partial charge in [-0.15, -0.1) is 0 Å². The number of likely N-dealkylation sites (tertiary alicyclic amines) is 1. The fourth-order valence-electron chi connectivity index (χ4n) is 1.93. The van der Waals surface area contributed by atoms with Gasteiger partial charge in [-0.2, -0.15) is 0 Å². The van der Waals surface area contributed by atoms with Crippen molar-refractivity contribution in [3.8, 4) is 0 Å². The van der Waals surface area contributed by atoms with E-state index in [1.165, 1.54) is 0 Å². The highest BCUT2D eigenvalue weighted by molar-refractivity contribution is 5.89. The number of carbonyl (C=O) groups excluding carboxylic acids is 1. The van der Waals surface area contributed by atoms with Crippen LogP contribution in [0.5, 0.6) is 0 Å². The third-order valence-electron chi connectivity index (χ3n) is 3.06. The first-order valence-electron chi connectivity index (χ1n) is 4.88. The predicted molar refractivity (Wildman–Crippen MR) is 48.0 cm³/mol. The van der Waals surface area contributed by atoms with Gasteiger partial charge in [0.15, 0.2) is 0 Å². The summed E-state index contributed by atoms with van der Waals surface area (Å²) >= 11 is 0. The van der Waals surface area contributed by atoms with Crippen LogP contribution >= 0.6 is 0 Å². The third kappa shape index (κ3) is 1.44. The Labute approximate surface area is 77.7 Å². The maximum absolute atomic E-state index is 11.8. The number of nitrogens with zero attached hydrogens (tertiary/aromatic N) is 1. The van der Waals surface area contributed by atoms with E-state index in [4.69, 9.17) is 10.8 Å². The quantitative estimate of drug-likeness (QED) is 0.605. The largest absolute Gasteiger partial charge is 0.394 e. The lowest BCUT2D eigenvalue weighted by molar-refractivity contribution is -0.135. The summed E-state index contributed by atoms with van der Waals surface area (Å²) in [6, 6.07) is 0.0218. The summed E-state index contributed by atoms with van der Waals surface area (Å²) in [5, 5.41) is 9.04. The Bertz CT molecular complexity index is 226. The molecule has 74 valence electrons. The minimum atomic E-state index is -0.572. The number of aliphatic hydroxyl groups excluding tert-OH is 1. The summed E-state index contributed by atoms with van der Waals surface area (Å²) in [6.45, 7) is 0.838. The number of amides is 1. The Morgan fingerprint density at radius 3 is 2.85 bits per heavy atom. The molecule has 2 fully saturated rings. The number of aliphatic hydroxyl groups is 1. The van der Waals surface area contributed by atoms with Gasteiger partial charge in [-0.1, -0.05) is 0 Å². The number of hydrogen-bond acceptors (Lipinski definition) is 3. The molecule has 0 radical (unpaired) electrons. The van der Waals surface area contributed by atoms with E-state index in [0.717, 1.165) is 32.2 Å². The SMILES string of the molecule is NC1(C(=O)N2CCC[C@H]2CO)CC1. The van der Waals surface area contributed by atoms with Crippen molar-refractivity contribution in [2.24, 2.45) is 5.73 Å². The molecule has 2 rings (SSSR count). The van der Waals surface area contributed by atoms with E-state index in [1.807, 2.05) is 0 Å². The molecule has 0 unspecified atom stereocenters. The van der Waals surface area contributed by atoms with Gasteiger partial charge in [-0.05, 0) is 25.7 Å². The molecule has 3 N–H and O–H groups in total. The molecule has 1 saturated heterocycles. The third-order valence-corrected chi connectivity index (χ3v) is 3.06. The summed E-state index contributed by atoms with van der Waals surface area (Å²) in [5.41, 5.74) is 5.24. The average Bonchev–Trinajstić information content (AvgIpc) is 2.71. The van der Waals surface area contributed by atoms with E-state index in [0.29, 0.717) is 0 Å². The molecule has 1 aliphatic carbocycles. The van der Waals surface area contributed by atoms with Crippen molar-refractivity contribution < 1.29 is 9.90 Å². The van der Waals surface area contributed by atoms with Crippen LogP contribution in [0.15, 0.2) is 0 Å². The van der Waals surface area contributed by atoms with Crippen molar-refractivity contribution in [3.05, 3.63) is 0 Å². The van der Waals surface area contributed by atoms with Gasteiger partial charge in [0.25, 0.3) is 0 Å². The highest BCUT2D eigenvalue weighted by Crippen LogP contribution is 2.36. The van der Waals surface area contributed by atoms with Crippen LogP contribution < -0.4 is 5.73 Å². The first-order valence-corrected chi connectivity index (χ1v) is 4.88. The van der Waals surface area contributed by atoms with Gasteiger partial charge in [0.1, 0.15) is 0 Å². The topological polar surface area (TPSA) is 66.6 Å². The second-order valence-corrected chi connectivity index (χ2v) is 4.13. The molecule has 4 nitrogen and oxygen atoms in total. The first kappa shape index (κ1) is 8.97. The fraction of sp³-hybridized carbons (Fsp3) is 0.889. The summed E-state index contributed by atoms with van der Waals surface area (Å²) in [5.74, 6) is 0.0454. The van der Waals surface area contributed by atoms with E-state index in [-0.39, 0.29) is 18.6 Å². The molecule has 1 amide bonds. The molecule has 2 aliphatic rings. The number of carbonyl (C=O) groups is 1. The van der Waals surface area contributed by atoms with E-state index in [9.17, 15) is 4.79 Å². The van der Waals surface area contributed by atoms with E-state index in [1.54, 1.807) is 4.90 Å². The second kappa shape index (κ2) is 2.96. The van der Waals surface area contributed by atoms with E-state index >= 15 is 0 Å². The first-order chi connectivity index (χ1) is 6.17. The van der Waals surface area contributed by atoms with Crippen LogP contribution in [0.2, 0.25) is 0 Å². The molecule has 0 bridgehead atoms. The Hall–Kier alpha value is -0.610. The van der Waals surface area contributed by atoms with Gasteiger partial charge in [-0.3, -0.25) is 4.79 Å². The van der Waals surface area contributed by atoms with E-state index in [2.05, 4.69) is 0 Å². The summed E-state index contributed by atoms with van der Waals surface area (Å²) < 4.78 is 0. The number of hydrogen-bond donors (Lipinski definition) is 2. The van der Waals surface area contributed by atoms with Crippen molar-refractivity contribution in [1.29, 1.82) is 0 Å². The molecular formula is C9H16N2O2. The molecule has 1 aliphatic heterocycles. The van der Waals surface area contributed by atoms with Gasteiger partial charge >= 0.3 is 0 Å². The van der Waals surface area contributed by atoms with Gasteiger partial charge in [0.05, 0.1) is 18.2 Å². The van der Waals surface area contributed by atoms with Crippen molar-refractivity contribution in [2.75, 3.05) is 13.2 Å². The van der Waals surface area contributed by atoms with Crippen LogP contribution in [-0.2, 0) is 4.79 Å². The molecule has 13 heavy (non-hydrogen) atoms. The Kier molecular flexibility index (Phi) is 2.04. The Morgan fingerprint density at radius 2 is 2.31 bits per heavy atom. The highest BCUT2D eigenvalue weighted by Gasteiger charge is 2.49. The molecule has 1 atom stereocenters. The zero-order valence-corrected chi connectivity index (χ0v) is 7.70. The summed E-state index contributed by atoms with van der Waals surface area (Å²) in [4.78, 5) is 13.5. The molecule has 0 aromatic heterocycles. The lowest BCUT2D eigenvalue weighted by Gasteiger charge is -2.25. The smallest absolute Gasteiger partial charge is 0.242 e. The lowest BCUT2D eigenvalue weighted by Crippen LogP contribution is -2.48. The van der Waals surface area contributed by atoms with Crippen molar-refractivity contribution in [3.63, 3.8) is 0 Å². The van der Waals surface area contributed by atoms with Crippen LogP contribution in [0.25, 0.3) is 0 Å². The summed E-state index contributed by atoms with van der Waals surface area (Å²) in [7, 11) is 0. The molecule has 1 saturated carbocycles. The minimum absolute atomic E-state index is 0.0218. The Balaban J connectivity index is 2.03. The zero-order chi connectivity index (χ0) is 9.47. The molecule has 0 aromatic rings. The van der Waals surface area contributed by atoms with Crippen molar-refractivity contribution >= 4 is 5.91 Å². The fourth-order valence-corrected chi connectivity index (χ4v) is 1.93. The lowest BCUT2D eigenvalue weighted by atomic mass is 10.2. The maximum Gasteiger partial charge on any atom is 0.242 e. The normalized spacial score (nSPS) is 30.6. The van der Waals surface area contributed by atoms with Crippen molar-refractivity contribution in [1.82, 2.24) is 4.90 Å². The standard InChI is InChI=1S/C9H16N2O2/c10-9(3-4-9)8(13)11-5-1-2-7(11)6-12/h7,12H,1-6,10H2/t7-/m0/s1. The van der Waals surface area contributed by atoms with Crippen molar-refractivity contribution in [2.45, 2.75) is 37.3 Å². The highest BCUT2D eigenvalue weighted by atomic mass is 16.3. The van der Waals surface area contributed by atoms with Gasteiger partial charge < -0.3 is 15.7 Å². The molecule has 4 heteroatoms. The predicted octanol–water partition coefficient (Wildman–Crippen LogP) is -0.539. The van der Waals surface area contributed by atoms with Crippen LogP contribution in [-0.4, -0.2) is 40.6 Å². The summed E-state index contributed by atoms with van der Waals surface area (Å²) in [6.07, 6.45) is 3.52. The minimum Gasteiger partial charge on any atom is -0.394 e. The molecule has 0 spiro atoms. The van der Waals surface area contributed by atoms with Crippen LogP contribution in [0.4, 0.5) is 0 Å². The average molecular weight is 184 g/mol. The number of nitrogens with two attached hydrogens (primary N) is 1. The second-order valence-electron chi connectivity index (χ2n) is 4.13.